The smallest absolute Gasteiger partial charge is 0.202 e. The van der Waals surface area contributed by atoms with Crippen molar-refractivity contribution in [2.24, 2.45) is 0 Å². The lowest BCUT2D eigenvalue weighted by Crippen LogP contribution is -2.34. The molecule has 1 rings (SSSR count). The van der Waals surface area contributed by atoms with Gasteiger partial charge in [-0.05, 0) is 24.9 Å². The largest absolute Gasteiger partial charge is 0.312 e. The summed E-state index contributed by atoms with van der Waals surface area (Å²) < 4.78 is 25.3. The molecule has 0 aliphatic rings. The molecule has 1 aromatic rings. The van der Waals surface area contributed by atoms with Crippen LogP contribution < -0.4 is 3.71 Å². The molecule has 0 fully saturated rings. The maximum absolute atomic E-state index is 11.6. The van der Waals surface area contributed by atoms with Crippen molar-refractivity contribution in [1.29, 1.82) is 0 Å². The Bertz CT molecular complexity index is 389. The van der Waals surface area contributed by atoms with Crippen molar-refractivity contribution in [3.8, 4) is 0 Å². The Balaban J connectivity index is 3.03. The molecule has 1 aromatic carbocycles. The molecular weight excluding hydrogens is 220 g/mol. The lowest BCUT2D eigenvalue weighted by atomic mass is 10.3. The van der Waals surface area contributed by atoms with Crippen molar-refractivity contribution in [3.05, 3.63) is 30.3 Å². The molecule has 0 aliphatic heterocycles. The lowest BCUT2D eigenvalue weighted by Gasteiger charge is -2.21. The third-order valence-electron chi connectivity index (χ3n) is 1.66. The van der Waals surface area contributed by atoms with E-state index in [1.807, 2.05) is 6.07 Å². The molecule has 0 radical (unpaired) electrons. The highest BCUT2D eigenvalue weighted by atomic mass is 32.3. The van der Waals surface area contributed by atoms with Crippen LogP contribution in [-0.4, -0.2) is 26.8 Å². The molecule has 6 heteroatoms. The summed E-state index contributed by atoms with van der Waals surface area (Å²) in [7, 11) is -0.579. The molecule has 0 bridgehead atoms. The minimum atomic E-state index is -3.50. The first-order valence-electron chi connectivity index (χ1n) is 3.93. The Hall–Kier alpha value is -0.720. The average molecular weight is 232 g/mol. The molecule has 0 aliphatic carbocycles. The molecule has 0 heterocycles. The zero-order chi connectivity index (χ0) is 10.8. The normalized spacial score (nSPS) is 11.7. The van der Waals surface area contributed by atoms with Gasteiger partial charge in [0.05, 0.1) is 5.69 Å². The van der Waals surface area contributed by atoms with E-state index in [4.69, 9.17) is 0 Å². The fourth-order valence-corrected chi connectivity index (χ4v) is 2.11. The summed E-state index contributed by atoms with van der Waals surface area (Å²) in [4.78, 5) is 0. The van der Waals surface area contributed by atoms with Crippen LogP contribution in [0, 0.1) is 0 Å². The molecule has 0 spiro atoms. The zero-order valence-corrected chi connectivity index (χ0v) is 9.66. The first-order valence-corrected chi connectivity index (χ1v) is 5.72. The highest BCUT2D eigenvalue weighted by Gasteiger charge is 2.21. The lowest BCUT2D eigenvalue weighted by molar-refractivity contribution is 0.523. The summed E-state index contributed by atoms with van der Waals surface area (Å²) in [6, 6.07) is 8.67. The van der Waals surface area contributed by atoms with E-state index in [-0.39, 0.29) is 0 Å². The van der Waals surface area contributed by atoms with Crippen LogP contribution in [0.4, 0.5) is 5.69 Å². The quantitative estimate of drug-likeness (QED) is 0.794. The molecule has 0 saturated carbocycles. The van der Waals surface area contributed by atoms with Crippen LogP contribution in [0.15, 0.2) is 30.3 Å². The first-order chi connectivity index (χ1) is 6.46. The Morgan fingerprint density at radius 3 is 2.07 bits per heavy atom. The Kier molecular flexibility index (Phi) is 3.41. The van der Waals surface area contributed by atoms with Gasteiger partial charge in [-0.25, -0.2) is 3.71 Å². The van der Waals surface area contributed by atoms with Crippen LogP contribution in [0.25, 0.3) is 0 Å². The van der Waals surface area contributed by atoms with Crippen LogP contribution in [0.3, 0.4) is 0 Å². The van der Waals surface area contributed by atoms with Crippen molar-refractivity contribution < 1.29 is 8.42 Å². The number of para-hydroxylation sites is 1. The average Bonchev–Trinajstić information content (AvgIpc) is 2.17. The van der Waals surface area contributed by atoms with Gasteiger partial charge in [0.15, 0.2) is 0 Å². The van der Waals surface area contributed by atoms with Crippen molar-refractivity contribution in [1.82, 2.24) is 4.31 Å². The minimum Gasteiger partial charge on any atom is -0.202 e. The minimum absolute atomic E-state index is 0.518. The molecule has 14 heavy (non-hydrogen) atoms. The van der Waals surface area contributed by atoms with Crippen LogP contribution in [-0.2, 0) is 10.2 Å². The molecule has 4 nitrogen and oxygen atoms in total. The van der Waals surface area contributed by atoms with Gasteiger partial charge in [-0.15, -0.1) is 0 Å². The van der Waals surface area contributed by atoms with E-state index in [1.54, 1.807) is 24.3 Å². The molecule has 0 aromatic heterocycles. The van der Waals surface area contributed by atoms with Gasteiger partial charge in [-0.2, -0.15) is 12.7 Å². The molecule has 0 amide bonds. The Morgan fingerprint density at radius 2 is 1.64 bits per heavy atom. The fourth-order valence-electron chi connectivity index (χ4n) is 0.843. The fraction of sp³-hybridized carbons (Fsp3) is 0.250. The second-order valence-corrected chi connectivity index (χ2v) is 5.53. The first kappa shape index (κ1) is 11.4. The summed E-state index contributed by atoms with van der Waals surface area (Å²) in [5.41, 5.74) is 0.518. The number of rotatable bonds is 3. The number of anilines is 1. The van der Waals surface area contributed by atoms with E-state index in [2.05, 4.69) is 12.8 Å². The van der Waals surface area contributed by atoms with Crippen LogP contribution in [0.5, 0.6) is 0 Å². The third-order valence-corrected chi connectivity index (χ3v) is 4.08. The van der Waals surface area contributed by atoms with Gasteiger partial charge in [0.2, 0.25) is 0 Å². The van der Waals surface area contributed by atoms with Crippen molar-refractivity contribution in [2.45, 2.75) is 0 Å². The molecule has 78 valence electrons. The van der Waals surface area contributed by atoms with Crippen molar-refractivity contribution in [2.75, 3.05) is 17.8 Å². The highest BCUT2D eigenvalue weighted by Crippen LogP contribution is 2.20. The van der Waals surface area contributed by atoms with Crippen molar-refractivity contribution >= 4 is 28.7 Å². The maximum atomic E-state index is 11.6. The second kappa shape index (κ2) is 4.20. The van der Waals surface area contributed by atoms with E-state index in [9.17, 15) is 8.42 Å². The summed E-state index contributed by atoms with van der Waals surface area (Å²) >= 11 is 3.94. The number of nitrogens with zero attached hydrogens (tertiary/aromatic N) is 2. The van der Waals surface area contributed by atoms with Gasteiger partial charge < -0.3 is 0 Å². The summed E-state index contributed by atoms with van der Waals surface area (Å²) in [6.07, 6.45) is 0. The monoisotopic (exact) mass is 232 g/mol. The highest BCUT2D eigenvalue weighted by molar-refractivity contribution is 8.04. The number of benzene rings is 1. The van der Waals surface area contributed by atoms with E-state index in [0.29, 0.717) is 5.69 Å². The molecule has 0 saturated heterocycles. The summed E-state index contributed by atoms with van der Waals surface area (Å²) in [6.45, 7) is 0. The third kappa shape index (κ3) is 2.20. The van der Waals surface area contributed by atoms with E-state index >= 15 is 0 Å². The topological polar surface area (TPSA) is 40.6 Å². The van der Waals surface area contributed by atoms with E-state index in [0.717, 1.165) is 8.02 Å². The predicted octanol–water partition coefficient (Wildman–Crippen LogP) is 1.14. The second-order valence-electron chi connectivity index (χ2n) is 2.87. The van der Waals surface area contributed by atoms with Gasteiger partial charge in [-0.3, -0.25) is 0 Å². The number of hydrogen-bond donors (Lipinski definition) is 1. The Morgan fingerprint density at radius 1 is 1.14 bits per heavy atom. The van der Waals surface area contributed by atoms with Gasteiger partial charge in [-0.1, -0.05) is 18.2 Å². The van der Waals surface area contributed by atoms with Crippen molar-refractivity contribution in [3.63, 3.8) is 0 Å². The molecule has 0 N–H and O–H groups in total. The standard InChI is InChI=1S/C8H12N2O2S2/c1-9(2)14(11,12)10(13)8-6-4-3-5-7-8/h3-7,13H,1-2H3. The van der Waals surface area contributed by atoms with Gasteiger partial charge in [0.25, 0.3) is 0 Å². The van der Waals surface area contributed by atoms with Crippen LogP contribution in [0.1, 0.15) is 0 Å². The number of thiol groups is 1. The Labute approximate surface area is 89.9 Å². The maximum Gasteiger partial charge on any atom is 0.312 e. The molecular formula is C8H12N2O2S2. The van der Waals surface area contributed by atoms with E-state index < -0.39 is 10.2 Å². The van der Waals surface area contributed by atoms with Crippen LogP contribution >= 0.6 is 12.8 Å². The SMILES string of the molecule is CN(C)S(=O)(=O)N(S)c1ccccc1. The summed E-state index contributed by atoms with van der Waals surface area (Å²) in [5, 5.41) is 0. The van der Waals surface area contributed by atoms with E-state index in [1.165, 1.54) is 14.1 Å². The molecule has 0 unspecified atom stereocenters. The zero-order valence-electron chi connectivity index (χ0n) is 7.95. The predicted molar refractivity (Wildman–Crippen MR) is 60.5 cm³/mol. The van der Waals surface area contributed by atoms with Gasteiger partial charge in [0.1, 0.15) is 0 Å². The van der Waals surface area contributed by atoms with Gasteiger partial charge in [0, 0.05) is 14.1 Å². The summed E-state index contributed by atoms with van der Waals surface area (Å²) in [5.74, 6) is 0. The van der Waals surface area contributed by atoms with Crippen LogP contribution in [0.2, 0.25) is 0 Å². The van der Waals surface area contributed by atoms with Gasteiger partial charge >= 0.3 is 10.2 Å². The molecule has 0 atom stereocenters. The number of hydrogen-bond acceptors (Lipinski definition) is 3.